The molecule has 2 aromatic rings. The Labute approximate surface area is 109 Å². The first-order chi connectivity index (χ1) is 9.17. The molecule has 0 saturated carbocycles. The summed E-state index contributed by atoms with van der Waals surface area (Å²) in [7, 11) is 2.83. The van der Waals surface area contributed by atoms with Crippen molar-refractivity contribution in [1.82, 2.24) is 9.97 Å². The summed E-state index contributed by atoms with van der Waals surface area (Å²) >= 11 is 0. The van der Waals surface area contributed by atoms with E-state index in [0.29, 0.717) is 0 Å². The van der Waals surface area contributed by atoms with Crippen molar-refractivity contribution < 1.29 is 19.0 Å². The molecular weight excluding hydrogens is 251 g/mol. The molecule has 0 radical (unpaired) electrons. The number of benzene rings is 1. The average Bonchev–Trinajstić information content (AvgIpc) is 2.46. The van der Waals surface area contributed by atoms with Gasteiger partial charge in [-0.2, -0.15) is 4.98 Å². The second-order valence-electron chi connectivity index (χ2n) is 3.73. The summed E-state index contributed by atoms with van der Waals surface area (Å²) in [5.74, 6) is -0.175. The summed E-state index contributed by atoms with van der Waals surface area (Å²) in [5.41, 5.74) is 0.244. The summed E-state index contributed by atoms with van der Waals surface area (Å²) < 4.78 is 23.6. The van der Waals surface area contributed by atoms with E-state index in [0.717, 1.165) is 0 Å². The van der Waals surface area contributed by atoms with Crippen LogP contribution in [0.25, 0.3) is 0 Å². The van der Waals surface area contributed by atoms with Crippen LogP contribution in [0.2, 0.25) is 0 Å². The lowest BCUT2D eigenvalue weighted by molar-refractivity contribution is 0.202. The summed E-state index contributed by atoms with van der Waals surface area (Å²) in [4.78, 5) is 8.01. The monoisotopic (exact) mass is 264 g/mol. The van der Waals surface area contributed by atoms with Crippen LogP contribution in [0.4, 0.5) is 4.39 Å². The number of aliphatic hydroxyl groups is 1. The van der Waals surface area contributed by atoms with Crippen molar-refractivity contribution in [3.8, 4) is 11.8 Å². The molecule has 0 aliphatic carbocycles. The Morgan fingerprint density at radius 2 is 1.95 bits per heavy atom. The van der Waals surface area contributed by atoms with Gasteiger partial charge in [0.2, 0.25) is 11.8 Å². The number of hydrogen-bond donors (Lipinski definition) is 1. The van der Waals surface area contributed by atoms with Gasteiger partial charge in [-0.05, 0) is 6.07 Å². The fraction of sp³-hybridized carbons (Fsp3) is 0.231. The fourth-order valence-electron chi connectivity index (χ4n) is 1.65. The van der Waals surface area contributed by atoms with Gasteiger partial charge in [-0.1, -0.05) is 18.2 Å². The van der Waals surface area contributed by atoms with E-state index < -0.39 is 11.9 Å². The van der Waals surface area contributed by atoms with Crippen molar-refractivity contribution in [1.29, 1.82) is 0 Å². The van der Waals surface area contributed by atoms with Gasteiger partial charge in [0.1, 0.15) is 17.6 Å². The molecule has 19 heavy (non-hydrogen) atoms. The molecule has 6 heteroatoms. The molecule has 0 spiro atoms. The van der Waals surface area contributed by atoms with Crippen molar-refractivity contribution >= 4 is 0 Å². The van der Waals surface area contributed by atoms with E-state index in [9.17, 15) is 9.50 Å². The van der Waals surface area contributed by atoms with Crippen LogP contribution in [0, 0.1) is 5.82 Å². The van der Waals surface area contributed by atoms with Gasteiger partial charge >= 0.3 is 0 Å². The Bertz CT molecular complexity index is 578. The smallest absolute Gasteiger partial charge is 0.241 e. The maximum absolute atomic E-state index is 13.6. The first-order valence-electron chi connectivity index (χ1n) is 5.54. The lowest BCUT2D eigenvalue weighted by Gasteiger charge is -2.14. The van der Waals surface area contributed by atoms with Crippen LogP contribution < -0.4 is 9.47 Å². The van der Waals surface area contributed by atoms with Gasteiger partial charge < -0.3 is 14.6 Å². The van der Waals surface area contributed by atoms with Gasteiger partial charge in [-0.25, -0.2) is 9.37 Å². The molecule has 100 valence electrons. The zero-order chi connectivity index (χ0) is 13.8. The summed E-state index contributed by atoms with van der Waals surface area (Å²) in [6.07, 6.45) is 0.0802. The number of aliphatic hydroxyl groups excluding tert-OH is 1. The Hall–Kier alpha value is -2.21. The van der Waals surface area contributed by atoms with E-state index in [1.165, 1.54) is 32.5 Å². The van der Waals surface area contributed by atoms with Gasteiger partial charge in [0.15, 0.2) is 0 Å². The summed E-state index contributed by atoms with van der Waals surface area (Å²) in [6.45, 7) is 0. The van der Waals surface area contributed by atoms with E-state index in [1.54, 1.807) is 12.1 Å². The highest BCUT2D eigenvalue weighted by atomic mass is 19.1. The largest absolute Gasteiger partial charge is 0.480 e. The van der Waals surface area contributed by atoms with Crippen LogP contribution in [-0.4, -0.2) is 29.3 Å². The maximum Gasteiger partial charge on any atom is 0.241 e. The van der Waals surface area contributed by atoms with Crippen molar-refractivity contribution in [3.63, 3.8) is 0 Å². The molecule has 0 fully saturated rings. The SMILES string of the molecule is COc1cnc(C(O)c2ccccc2F)c(OC)n1. The van der Waals surface area contributed by atoms with Crippen molar-refractivity contribution in [2.75, 3.05) is 14.2 Å². The predicted octanol–water partition coefficient (Wildman–Crippen LogP) is 1.71. The Balaban J connectivity index is 2.44. The normalized spacial score (nSPS) is 12.0. The highest BCUT2D eigenvalue weighted by Gasteiger charge is 2.21. The Morgan fingerprint density at radius 3 is 2.58 bits per heavy atom. The lowest BCUT2D eigenvalue weighted by atomic mass is 10.1. The highest BCUT2D eigenvalue weighted by molar-refractivity contribution is 5.33. The number of ether oxygens (including phenoxy) is 2. The van der Waals surface area contributed by atoms with E-state index in [4.69, 9.17) is 9.47 Å². The molecule has 1 unspecified atom stereocenters. The van der Waals surface area contributed by atoms with E-state index >= 15 is 0 Å². The van der Waals surface area contributed by atoms with E-state index in [2.05, 4.69) is 9.97 Å². The fourth-order valence-corrected chi connectivity index (χ4v) is 1.65. The number of hydrogen-bond acceptors (Lipinski definition) is 5. The van der Waals surface area contributed by atoms with Crippen LogP contribution in [0.5, 0.6) is 11.8 Å². The Morgan fingerprint density at radius 1 is 1.21 bits per heavy atom. The van der Waals surface area contributed by atoms with Crippen molar-refractivity contribution in [2.45, 2.75) is 6.10 Å². The molecule has 0 amide bonds. The third-order valence-electron chi connectivity index (χ3n) is 2.61. The topological polar surface area (TPSA) is 64.5 Å². The molecule has 2 rings (SSSR count). The average molecular weight is 264 g/mol. The molecule has 1 aromatic heterocycles. The third kappa shape index (κ3) is 2.63. The van der Waals surface area contributed by atoms with Crippen molar-refractivity contribution in [3.05, 3.63) is 47.5 Å². The minimum atomic E-state index is -1.26. The van der Waals surface area contributed by atoms with E-state index in [1.807, 2.05) is 0 Å². The lowest BCUT2D eigenvalue weighted by Crippen LogP contribution is -2.08. The van der Waals surface area contributed by atoms with Crippen LogP contribution in [0.3, 0.4) is 0 Å². The number of rotatable bonds is 4. The van der Waals surface area contributed by atoms with Gasteiger partial charge in [0.05, 0.1) is 20.4 Å². The van der Waals surface area contributed by atoms with Crippen molar-refractivity contribution in [2.24, 2.45) is 0 Å². The molecule has 1 aromatic carbocycles. The molecule has 0 aliphatic heterocycles. The second-order valence-corrected chi connectivity index (χ2v) is 3.73. The van der Waals surface area contributed by atoms with Crippen LogP contribution in [-0.2, 0) is 0 Å². The molecule has 1 N–H and O–H groups in total. The first kappa shape index (κ1) is 13.2. The predicted molar refractivity (Wildman–Crippen MR) is 65.6 cm³/mol. The minimum Gasteiger partial charge on any atom is -0.480 e. The molecule has 5 nitrogen and oxygen atoms in total. The quantitative estimate of drug-likeness (QED) is 0.910. The summed E-state index contributed by atoms with van der Waals surface area (Å²) in [6, 6.07) is 5.92. The molecular formula is C13H13FN2O3. The number of aromatic nitrogens is 2. The Kier molecular flexibility index (Phi) is 3.91. The number of nitrogens with zero attached hydrogens (tertiary/aromatic N) is 2. The molecule has 0 aliphatic rings. The maximum atomic E-state index is 13.6. The molecule has 1 atom stereocenters. The van der Waals surface area contributed by atoms with Gasteiger partial charge in [0.25, 0.3) is 0 Å². The zero-order valence-electron chi connectivity index (χ0n) is 10.5. The minimum absolute atomic E-state index is 0.0927. The van der Waals surface area contributed by atoms with Crippen LogP contribution in [0.1, 0.15) is 17.4 Å². The molecule has 0 bridgehead atoms. The van der Waals surface area contributed by atoms with Gasteiger partial charge in [0, 0.05) is 5.56 Å². The molecule has 1 heterocycles. The van der Waals surface area contributed by atoms with Gasteiger partial charge in [-0.3, -0.25) is 0 Å². The zero-order valence-corrected chi connectivity index (χ0v) is 10.5. The third-order valence-corrected chi connectivity index (χ3v) is 2.61. The number of methoxy groups -OCH3 is 2. The highest BCUT2D eigenvalue weighted by Crippen LogP contribution is 2.29. The van der Waals surface area contributed by atoms with E-state index in [-0.39, 0.29) is 23.0 Å². The van der Waals surface area contributed by atoms with Crippen LogP contribution >= 0.6 is 0 Å². The number of halogens is 1. The van der Waals surface area contributed by atoms with Crippen LogP contribution in [0.15, 0.2) is 30.5 Å². The van der Waals surface area contributed by atoms with Gasteiger partial charge in [-0.15, -0.1) is 0 Å². The second kappa shape index (κ2) is 5.62. The molecule has 0 saturated heterocycles. The summed E-state index contributed by atoms with van der Waals surface area (Å²) in [5, 5.41) is 10.2. The standard InChI is InChI=1S/C13H13FN2O3/c1-18-10-7-15-11(13(16-10)19-2)12(17)8-5-3-4-6-9(8)14/h3-7,12,17H,1-2H3. The first-order valence-corrected chi connectivity index (χ1v) is 5.54.